The lowest BCUT2D eigenvalue weighted by atomic mass is 10.1. The Morgan fingerprint density at radius 3 is 2.71 bits per heavy atom. The highest BCUT2D eigenvalue weighted by molar-refractivity contribution is 9.10. The van der Waals surface area contributed by atoms with E-state index in [-0.39, 0.29) is 0 Å². The predicted molar refractivity (Wildman–Crippen MR) is 53.0 cm³/mol. The summed E-state index contributed by atoms with van der Waals surface area (Å²) in [5.74, 6) is -1.05. The maximum Gasteiger partial charge on any atom is 0.327 e. The highest BCUT2D eigenvalue weighted by atomic mass is 79.9. The lowest BCUT2D eigenvalue weighted by Crippen LogP contribution is -2.22. The minimum atomic E-state index is -0.952. The largest absolute Gasteiger partial charge is 0.468 e. The van der Waals surface area contributed by atoms with Gasteiger partial charge in [0.25, 0.3) is 0 Å². The topological polar surface area (TPSA) is 52.3 Å². The molecule has 3 nitrogen and oxygen atoms in total. The van der Waals surface area contributed by atoms with Crippen LogP contribution in [0.3, 0.4) is 0 Å². The summed E-state index contributed by atoms with van der Waals surface area (Å²) in [7, 11) is 1.23. The van der Waals surface area contributed by atoms with Crippen LogP contribution in [-0.4, -0.2) is 13.1 Å². The second kappa shape index (κ2) is 4.52. The molecular formula is C9H9BrFNO2. The molecule has 0 bridgehead atoms. The van der Waals surface area contributed by atoms with Gasteiger partial charge < -0.3 is 10.5 Å². The zero-order valence-corrected chi connectivity index (χ0v) is 9.05. The summed E-state index contributed by atoms with van der Waals surface area (Å²) < 4.78 is 17.9. The molecule has 0 aliphatic carbocycles. The number of rotatable bonds is 2. The van der Waals surface area contributed by atoms with Crippen LogP contribution in [0.25, 0.3) is 0 Å². The summed E-state index contributed by atoms with van der Waals surface area (Å²) in [6, 6.07) is 3.11. The Morgan fingerprint density at radius 1 is 1.57 bits per heavy atom. The molecule has 76 valence electrons. The van der Waals surface area contributed by atoms with Crippen molar-refractivity contribution in [2.45, 2.75) is 6.04 Å². The van der Waals surface area contributed by atoms with Gasteiger partial charge in [0.15, 0.2) is 0 Å². The fourth-order valence-electron chi connectivity index (χ4n) is 1.02. The number of benzene rings is 1. The molecule has 2 N–H and O–H groups in total. The average molecular weight is 262 g/mol. The lowest BCUT2D eigenvalue weighted by Gasteiger charge is -2.09. The van der Waals surface area contributed by atoms with Crippen molar-refractivity contribution in [3.05, 3.63) is 34.1 Å². The highest BCUT2D eigenvalue weighted by Crippen LogP contribution is 2.19. The molecule has 0 saturated carbocycles. The van der Waals surface area contributed by atoms with Gasteiger partial charge in [-0.3, -0.25) is 4.79 Å². The molecule has 1 unspecified atom stereocenters. The summed E-state index contributed by atoms with van der Waals surface area (Å²) in [6.45, 7) is 0. The Balaban J connectivity index is 3.00. The molecule has 0 aliphatic rings. The molecule has 1 rings (SSSR count). The quantitative estimate of drug-likeness (QED) is 0.826. The van der Waals surface area contributed by atoms with E-state index in [1.54, 1.807) is 6.07 Å². The number of hydrogen-bond acceptors (Lipinski definition) is 3. The van der Waals surface area contributed by atoms with Gasteiger partial charge in [0, 0.05) is 4.47 Å². The molecule has 5 heteroatoms. The van der Waals surface area contributed by atoms with Gasteiger partial charge in [0.05, 0.1) is 7.11 Å². The van der Waals surface area contributed by atoms with Crippen LogP contribution in [0, 0.1) is 5.82 Å². The summed E-state index contributed by atoms with van der Waals surface area (Å²) in [5, 5.41) is 0. The molecule has 0 heterocycles. The number of halogens is 2. The third-order valence-electron chi connectivity index (χ3n) is 1.70. The Hall–Kier alpha value is -0.940. The summed E-state index contributed by atoms with van der Waals surface area (Å²) in [4.78, 5) is 11.0. The molecule has 14 heavy (non-hydrogen) atoms. The highest BCUT2D eigenvalue weighted by Gasteiger charge is 2.17. The number of carbonyl (C=O) groups excluding carboxylic acids is 1. The van der Waals surface area contributed by atoms with Gasteiger partial charge >= 0.3 is 5.97 Å². The average Bonchev–Trinajstić information content (AvgIpc) is 2.14. The first-order chi connectivity index (χ1) is 6.54. The van der Waals surface area contributed by atoms with Crippen LogP contribution in [-0.2, 0) is 9.53 Å². The van der Waals surface area contributed by atoms with Crippen LogP contribution in [0.5, 0.6) is 0 Å². The van der Waals surface area contributed by atoms with E-state index >= 15 is 0 Å². The van der Waals surface area contributed by atoms with Crippen LogP contribution in [0.1, 0.15) is 11.6 Å². The van der Waals surface area contributed by atoms with Crippen molar-refractivity contribution in [3.63, 3.8) is 0 Å². The van der Waals surface area contributed by atoms with Crippen LogP contribution >= 0.6 is 15.9 Å². The number of esters is 1. The number of nitrogens with two attached hydrogens (primary N) is 1. The van der Waals surface area contributed by atoms with Gasteiger partial charge in [-0.1, -0.05) is 15.9 Å². The third kappa shape index (κ3) is 2.52. The molecule has 0 saturated heterocycles. The summed E-state index contributed by atoms with van der Waals surface area (Å²) in [5.41, 5.74) is 5.90. The number of ether oxygens (including phenoxy) is 1. The van der Waals surface area contributed by atoms with Gasteiger partial charge in [-0.05, 0) is 23.8 Å². The Morgan fingerprint density at radius 2 is 2.21 bits per heavy atom. The van der Waals surface area contributed by atoms with Crippen molar-refractivity contribution in [1.29, 1.82) is 0 Å². The van der Waals surface area contributed by atoms with Crippen LogP contribution in [0.15, 0.2) is 22.7 Å². The SMILES string of the molecule is COC(=O)C(N)c1cc(F)cc(Br)c1. The van der Waals surface area contributed by atoms with E-state index in [4.69, 9.17) is 5.73 Å². The van der Waals surface area contributed by atoms with E-state index in [0.29, 0.717) is 10.0 Å². The van der Waals surface area contributed by atoms with Gasteiger partial charge in [0.2, 0.25) is 0 Å². The Kier molecular flexibility index (Phi) is 3.60. The lowest BCUT2D eigenvalue weighted by molar-refractivity contribution is -0.142. The van der Waals surface area contributed by atoms with Gasteiger partial charge in [-0.15, -0.1) is 0 Å². The first kappa shape index (κ1) is 11.1. The third-order valence-corrected chi connectivity index (χ3v) is 2.16. The maximum atomic E-state index is 12.9. The van der Waals surface area contributed by atoms with E-state index in [1.165, 1.54) is 19.2 Å². The van der Waals surface area contributed by atoms with E-state index in [0.717, 1.165) is 0 Å². The zero-order valence-electron chi connectivity index (χ0n) is 7.46. The van der Waals surface area contributed by atoms with Crippen molar-refractivity contribution < 1.29 is 13.9 Å². The van der Waals surface area contributed by atoms with Gasteiger partial charge in [0.1, 0.15) is 11.9 Å². The molecule has 1 aromatic carbocycles. The Bertz CT molecular complexity index is 336. The fourth-order valence-corrected chi connectivity index (χ4v) is 1.50. The molecular weight excluding hydrogens is 253 g/mol. The second-order valence-corrected chi connectivity index (χ2v) is 3.62. The first-order valence-electron chi connectivity index (χ1n) is 3.84. The summed E-state index contributed by atoms with van der Waals surface area (Å²) >= 11 is 3.10. The van der Waals surface area contributed by atoms with Crippen molar-refractivity contribution >= 4 is 21.9 Å². The smallest absolute Gasteiger partial charge is 0.327 e. The zero-order chi connectivity index (χ0) is 10.7. The fraction of sp³-hybridized carbons (Fsp3) is 0.222. The van der Waals surface area contributed by atoms with E-state index in [2.05, 4.69) is 20.7 Å². The number of hydrogen-bond donors (Lipinski definition) is 1. The van der Waals surface area contributed by atoms with Crippen LogP contribution in [0.4, 0.5) is 4.39 Å². The van der Waals surface area contributed by atoms with Gasteiger partial charge in [-0.25, -0.2) is 4.39 Å². The minimum Gasteiger partial charge on any atom is -0.468 e. The molecule has 0 amide bonds. The van der Waals surface area contributed by atoms with Crippen molar-refractivity contribution in [2.75, 3.05) is 7.11 Å². The molecule has 0 radical (unpaired) electrons. The normalized spacial score (nSPS) is 12.3. The van der Waals surface area contributed by atoms with E-state index in [9.17, 15) is 9.18 Å². The molecule has 0 spiro atoms. The predicted octanol–water partition coefficient (Wildman–Crippen LogP) is 1.76. The van der Waals surface area contributed by atoms with Crippen molar-refractivity contribution in [3.8, 4) is 0 Å². The molecule has 1 aromatic rings. The second-order valence-electron chi connectivity index (χ2n) is 2.70. The standard InChI is InChI=1S/C9H9BrFNO2/c1-14-9(13)8(12)5-2-6(10)4-7(11)3-5/h2-4,8H,12H2,1H3. The van der Waals surface area contributed by atoms with Crippen LogP contribution in [0.2, 0.25) is 0 Å². The first-order valence-corrected chi connectivity index (χ1v) is 4.63. The van der Waals surface area contributed by atoms with Crippen molar-refractivity contribution in [1.82, 2.24) is 0 Å². The Labute approximate surface area is 89.2 Å². The number of methoxy groups -OCH3 is 1. The van der Waals surface area contributed by atoms with Crippen molar-refractivity contribution in [2.24, 2.45) is 5.73 Å². The van der Waals surface area contributed by atoms with E-state index in [1.807, 2.05) is 0 Å². The monoisotopic (exact) mass is 261 g/mol. The molecule has 1 atom stereocenters. The van der Waals surface area contributed by atoms with E-state index < -0.39 is 17.8 Å². The number of carbonyl (C=O) groups is 1. The van der Waals surface area contributed by atoms with Gasteiger partial charge in [-0.2, -0.15) is 0 Å². The molecule has 0 aromatic heterocycles. The molecule has 0 fully saturated rings. The minimum absolute atomic E-state index is 0.378. The molecule has 0 aliphatic heterocycles. The maximum absolute atomic E-state index is 12.9. The summed E-state index contributed by atoms with van der Waals surface area (Å²) in [6.07, 6.45) is 0. The van der Waals surface area contributed by atoms with Crippen LogP contribution < -0.4 is 5.73 Å².